The van der Waals surface area contributed by atoms with E-state index >= 15 is 0 Å². The van der Waals surface area contributed by atoms with Crippen LogP contribution >= 0.6 is 37.2 Å². The molecule has 2 aromatic heterocycles. The summed E-state index contributed by atoms with van der Waals surface area (Å²) in [6.07, 6.45) is 0.0699. The zero-order valence-corrected chi connectivity index (χ0v) is 17.8. The lowest BCUT2D eigenvalue weighted by molar-refractivity contribution is -0.137. The van der Waals surface area contributed by atoms with Crippen molar-refractivity contribution in [1.29, 1.82) is 0 Å². The van der Waals surface area contributed by atoms with Gasteiger partial charge in [-0.1, -0.05) is 24.3 Å². The minimum atomic E-state index is -0.816. The minimum Gasteiger partial charge on any atom is -0.481 e. The van der Waals surface area contributed by atoms with Crippen molar-refractivity contribution in [2.24, 2.45) is 0 Å². The molecule has 156 valence electrons. The number of nitrogens with zero attached hydrogens (tertiary/aromatic N) is 3. The van der Waals surface area contributed by atoms with E-state index < -0.39 is 5.97 Å². The molecule has 2 aromatic carbocycles. The second kappa shape index (κ2) is 11.0. The van der Waals surface area contributed by atoms with Crippen molar-refractivity contribution in [2.45, 2.75) is 19.5 Å². The van der Waals surface area contributed by atoms with E-state index in [1.165, 1.54) is 0 Å². The average molecular weight is 459 g/mol. The van der Waals surface area contributed by atoms with E-state index in [-0.39, 0.29) is 43.6 Å². The number of H-pyrrole nitrogens is 2. The van der Waals surface area contributed by atoms with E-state index in [4.69, 9.17) is 5.11 Å². The highest BCUT2D eigenvalue weighted by Gasteiger charge is 2.14. The number of nitrogens with one attached hydrogen (secondary N) is 2. The number of rotatable bonds is 7. The van der Waals surface area contributed by atoms with Crippen LogP contribution in [0, 0.1) is 0 Å². The van der Waals surface area contributed by atoms with Crippen LogP contribution in [0.15, 0.2) is 48.5 Å². The van der Waals surface area contributed by atoms with E-state index in [1.807, 2.05) is 53.4 Å². The lowest BCUT2D eigenvalue weighted by atomic mass is 10.3. The predicted octanol–water partition coefficient (Wildman–Crippen LogP) is 4.18. The molecule has 0 aliphatic carbocycles. The van der Waals surface area contributed by atoms with Gasteiger partial charge in [-0.2, -0.15) is 0 Å². The summed E-state index contributed by atoms with van der Waals surface area (Å²) in [5.74, 6) is 0.810. The third-order valence-electron chi connectivity index (χ3n) is 4.27. The van der Waals surface area contributed by atoms with E-state index in [2.05, 4.69) is 19.9 Å². The van der Waals surface area contributed by atoms with Gasteiger partial charge in [-0.15, -0.1) is 37.2 Å². The lowest BCUT2D eigenvalue weighted by Crippen LogP contribution is -2.26. The van der Waals surface area contributed by atoms with E-state index in [9.17, 15) is 4.79 Å². The first-order valence-corrected chi connectivity index (χ1v) is 8.49. The number of halogens is 3. The minimum absolute atomic E-state index is 0. The molecule has 10 heteroatoms. The predicted molar refractivity (Wildman–Crippen MR) is 120 cm³/mol. The number of aliphatic carboxylic acids is 1. The van der Waals surface area contributed by atoms with Gasteiger partial charge in [-0.3, -0.25) is 9.69 Å². The highest BCUT2D eigenvalue weighted by molar-refractivity contribution is 5.86. The summed E-state index contributed by atoms with van der Waals surface area (Å²) in [5.41, 5.74) is 3.77. The van der Waals surface area contributed by atoms with Gasteiger partial charge >= 0.3 is 5.97 Å². The Morgan fingerprint density at radius 3 is 1.69 bits per heavy atom. The molecule has 0 aliphatic rings. The molecule has 7 nitrogen and oxygen atoms in total. The molecule has 4 aromatic rings. The maximum absolute atomic E-state index is 11.0. The van der Waals surface area contributed by atoms with Gasteiger partial charge in [0.2, 0.25) is 0 Å². The summed E-state index contributed by atoms with van der Waals surface area (Å²) in [6, 6.07) is 15.7. The molecule has 0 aliphatic heterocycles. The molecule has 0 saturated carbocycles. The molecule has 0 unspecified atom stereocenters. The number of carboxylic acid groups (broad SMARTS) is 1. The van der Waals surface area contributed by atoms with Crippen LogP contribution in [0.1, 0.15) is 18.1 Å². The third kappa shape index (κ3) is 6.08. The fourth-order valence-corrected chi connectivity index (χ4v) is 3.05. The molecule has 0 saturated heterocycles. The quantitative estimate of drug-likeness (QED) is 0.386. The fourth-order valence-electron chi connectivity index (χ4n) is 3.05. The van der Waals surface area contributed by atoms with Crippen molar-refractivity contribution >= 4 is 65.3 Å². The number of benzene rings is 2. The van der Waals surface area contributed by atoms with Gasteiger partial charge in [-0.25, -0.2) is 9.97 Å². The van der Waals surface area contributed by atoms with Crippen LogP contribution in [-0.2, 0) is 17.9 Å². The van der Waals surface area contributed by atoms with Crippen molar-refractivity contribution in [2.75, 3.05) is 6.54 Å². The van der Waals surface area contributed by atoms with Crippen molar-refractivity contribution in [3.63, 3.8) is 0 Å². The standard InChI is InChI=1S/C19H19N5O2.3ClH/c25-19(26)9-10-24(11-17-20-13-5-1-2-6-14(13)21-17)12-18-22-15-7-3-4-8-16(15)23-18;;;/h1-8H,9-12H2,(H,20,21)(H,22,23)(H,25,26);3*1H. The van der Waals surface area contributed by atoms with Gasteiger partial charge in [-0.05, 0) is 24.3 Å². The largest absolute Gasteiger partial charge is 0.481 e. The van der Waals surface area contributed by atoms with Crippen LogP contribution in [0.3, 0.4) is 0 Å². The summed E-state index contributed by atoms with van der Waals surface area (Å²) in [7, 11) is 0. The van der Waals surface area contributed by atoms with Gasteiger partial charge in [0.05, 0.1) is 41.6 Å². The molecule has 0 amide bonds. The molecule has 2 heterocycles. The Hall–Kier alpha value is -2.32. The third-order valence-corrected chi connectivity index (χ3v) is 4.27. The van der Waals surface area contributed by atoms with Crippen LogP contribution in [0.25, 0.3) is 22.1 Å². The van der Waals surface area contributed by atoms with E-state index in [1.54, 1.807) is 0 Å². The Labute approximate surface area is 186 Å². The maximum atomic E-state index is 11.0. The average Bonchev–Trinajstić information content (AvgIpc) is 3.22. The molecular formula is C19H22Cl3N5O2. The van der Waals surface area contributed by atoms with E-state index in [0.29, 0.717) is 19.6 Å². The Balaban J connectivity index is 0.00000140. The summed E-state index contributed by atoms with van der Waals surface area (Å²) >= 11 is 0. The molecule has 0 radical (unpaired) electrons. The zero-order valence-electron chi connectivity index (χ0n) is 15.4. The van der Waals surface area contributed by atoms with Crippen molar-refractivity contribution in [3.8, 4) is 0 Å². The summed E-state index contributed by atoms with van der Waals surface area (Å²) in [4.78, 5) is 28.8. The van der Waals surface area contributed by atoms with Gasteiger partial charge < -0.3 is 15.1 Å². The number of carboxylic acids is 1. The number of fused-ring (bicyclic) bond motifs is 2. The number of para-hydroxylation sites is 4. The SMILES string of the molecule is Cl.Cl.Cl.O=C(O)CCN(Cc1nc2ccccc2[nH]1)Cc1nc2ccccc2[nH]1. The summed E-state index contributed by atoms with van der Waals surface area (Å²) < 4.78 is 0. The molecule has 4 rings (SSSR count). The Bertz CT molecular complexity index is 924. The summed E-state index contributed by atoms with van der Waals surface area (Å²) in [5, 5.41) is 9.05. The number of hydrogen-bond donors (Lipinski definition) is 3. The van der Waals surface area contributed by atoms with E-state index in [0.717, 1.165) is 33.7 Å². The molecule has 0 atom stereocenters. The fraction of sp³-hybridized carbons (Fsp3) is 0.211. The number of aromatic nitrogens is 4. The smallest absolute Gasteiger partial charge is 0.304 e. The van der Waals surface area contributed by atoms with Gasteiger partial charge in [0.1, 0.15) is 11.6 Å². The first-order valence-electron chi connectivity index (χ1n) is 8.49. The van der Waals surface area contributed by atoms with Crippen LogP contribution in [0.4, 0.5) is 0 Å². The van der Waals surface area contributed by atoms with Crippen LogP contribution < -0.4 is 0 Å². The monoisotopic (exact) mass is 457 g/mol. The molecule has 0 spiro atoms. The lowest BCUT2D eigenvalue weighted by Gasteiger charge is -2.19. The number of imidazole rings is 2. The van der Waals surface area contributed by atoms with Crippen molar-refractivity contribution in [1.82, 2.24) is 24.8 Å². The highest BCUT2D eigenvalue weighted by Crippen LogP contribution is 2.15. The van der Waals surface area contributed by atoms with Gasteiger partial charge in [0.15, 0.2) is 0 Å². The van der Waals surface area contributed by atoms with Crippen LogP contribution in [-0.4, -0.2) is 42.5 Å². The Kier molecular flexibility index (Phi) is 9.39. The first-order chi connectivity index (χ1) is 12.7. The van der Waals surface area contributed by atoms with Crippen molar-refractivity contribution < 1.29 is 9.90 Å². The Morgan fingerprint density at radius 1 is 0.828 bits per heavy atom. The molecule has 0 bridgehead atoms. The topological polar surface area (TPSA) is 97.9 Å². The van der Waals surface area contributed by atoms with Crippen LogP contribution in [0.2, 0.25) is 0 Å². The second-order valence-corrected chi connectivity index (χ2v) is 6.26. The van der Waals surface area contributed by atoms with Crippen LogP contribution in [0.5, 0.6) is 0 Å². The molecular weight excluding hydrogens is 437 g/mol. The van der Waals surface area contributed by atoms with Gasteiger partial charge in [0.25, 0.3) is 0 Å². The Morgan fingerprint density at radius 2 is 1.28 bits per heavy atom. The molecule has 29 heavy (non-hydrogen) atoms. The highest BCUT2D eigenvalue weighted by atomic mass is 35.5. The first kappa shape index (κ1) is 24.7. The maximum Gasteiger partial charge on any atom is 0.304 e. The molecule has 0 fully saturated rings. The number of hydrogen-bond acceptors (Lipinski definition) is 4. The normalized spacial score (nSPS) is 10.4. The van der Waals surface area contributed by atoms with Gasteiger partial charge in [0, 0.05) is 6.54 Å². The second-order valence-electron chi connectivity index (χ2n) is 6.26. The number of carbonyl (C=O) groups is 1. The number of aromatic amines is 2. The molecule has 3 N–H and O–H groups in total. The zero-order chi connectivity index (χ0) is 17.9. The van der Waals surface area contributed by atoms with Crippen molar-refractivity contribution in [3.05, 3.63) is 60.2 Å². The summed E-state index contributed by atoms with van der Waals surface area (Å²) in [6.45, 7) is 1.47.